The van der Waals surface area contributed by atoms with Crippen molar-refractivity contribution in [3.63, 3.8) is 0 Å². The van der Waals surface area contributed by atoms with E-state index in [0.717, 1.165) is 33.3 Å². The lowest BCUT2D eigenvalue weighted by Gasteiger charge is -2.11. The molecule has 0 unspecified atom stereocenters. The minimum absolute atomic E-state index is 0.641. The van der Waals surface area contributed by atoms with Gasteiger partial charge in [-0.25, -0.2) is 9.97 Å². The monoisotopic (exact) mass is 535 g/mol. The molecule has 0 aliphatic heterocycles. The molecule has 0 bridgehead atoms. The van der Waals surface area contributed by atoms with E-state index in [0.29, 0.717) is 5.95 Å². The summed E-state index contributed by atoms with van der Waals surface area (Å²) in [6.07, 6.45) is 1.81. The third-order valence-corrected chi connectivity index (χ3v) is 8.71. The number of rotatable bonds is 2. The van der Waals surface area contributed by atoms with Crippen molar-refractivity contribution in [2.75, 3.05) is 0 Å². The fraction of sp³-hybridized carbons (Fsp3) is 0. The van der Waals surface area contributed by atoms with Crippen molar-refractivity contribution in [1.82, 2.24) is 23.9 Å². The van der Waals surface area contributed by atoms with Crippen LogP contribution in [0, 0.1) is 0 Å². The Balaban J connectivity index is 1.39. The predicted molar refractivity (Wildman–Crippen MR) is 172 cm³/mol. The lowest BCUT2D eigenvalue weighted by molar-refractivity contribution is 1.01. The van der Waals surface area contributed by atoms with Crippen LogP contribution in [-0.4, -0.2) is 23.9 Å². The zero-order valence-electron chi connectivity index (χ0n) is 22.4. The number of benzene rings is 5. The molecule has 5 heterocycles. The van der Waals surface area contributed by atoms with E-state index < -0.39 is 0 Å². The molecule has 10 aromatic rings. The van der Waals surface area contributed by atoms with E-state index in [2.05, 4.69) is 105 Å². The van der Waals surface area contributed by atoms with E-state index in [4.69, 9.17) is 9.97 Å². The number of hydrogen-bond donors (Lipinski definition) is 0. The molecule has 0 amide bonds. The Kier molecular flexibility index (Phi) is 4.12. The summed E-state index contributed by atoms with van der Waals surface area (Å²) in [5.41, 5.74) is 9.36. The second-order valence-corrected chi connectivity index (χ2v) is 10.9. The van der Waals surface area contributed by atoms with Crippen LogP contribution in [0.5, 0.6) is 0 Å². The number of pyridine rings is 1. The van der Waals surface area contributed by atoms with Gasteiger partial charge in [-0.2, -0.15) is 0 Å². The van der Waals surface area contributed by atoms with Crippen LogP contribution in [0.3, 0.4) is 0 Å². The van der Waals surface area contributed by atoms with Crippen LogP contribution in [0.1, 0.15) is 0 Å². The zero-order chi connectivity index (χ0) is 27.4. The molecule has 0 spiro atoms. The van der Waals surface area contributed by atoms with Crippen LogP contribution in [-0.2, 0) is 0 Å². The number of hydrogen-bond acceptors (Lipinski definition) is 3. The van der Waals surface area contributed by atoms with Gasteiger partial charge in [-0.1, -0.05) is 84.9 Å². The standard InChI is InChI=1S/C37H21N5/c1-2-10-22(11-3-1)34-35-27(16-9-21-38-35)39-37(40-34)42-29-18-7-5-13-25(29)32-31(42)20-19-30-33(32)26-15-8-14-24-23-12-4-6-17-28(23)41(30)36(24)26/h1-21H. The van der Waals surface area contributed by atoms with Gasteiger partial charge in [0.15, 0.2) is 0 Å². The number of nitrogens with zero attached hydrogens (tertiary/aromatic N) is 5. The number of aromatic nitrogens is 5. The Hall–Kier alpha value is -5.81. The molecule has 194 valence electrons. The predicted octanol–water partition coefficient (Wildman–Crippen LogP) is 8.94. The Morgan fingerprint density at radius 3 is 2.10 bits per heavy atom. The van der Waals surface area contributed by atoms with Gasteiger partial charge in [0, 0.05) is 44.1 Å². The van der Waals surface area contributed by atoms with E-state index in [1.54, 1.807) is 6.20 Å². The van der Waals surface area contributed by atoms with Crippen molar-refractivity contribution >= 4 is 70.9 Å². The third-order valence-electron chi connectivity index (χ3n) is 8.71. The van der Waals surface area contributed by atoms with Crippen LogP contribution in [0.4, 0.5) is 0 Å². The van der Waals surface area contributed by atoms with Crippen molar-refractivity contribution in [1.29, 1.82) is 0 Å². The summed E-state index contributed by atoms with van der Waals surface area (Å²) in [4.78, 5) is 15.0. The Labute approximate surface area is 239 Å². The molecule has 0 atom stereocenters. The van der Waals surface area contributed by atoms with Gasteiger partial charge in [0.2, 0.25) is 5.95 Å². The number of fused-ring (bicyclic) bond motifs is 11. The molecule has 0 N–H and O–H groups in total. The summed E-state index contributed by atoms with van der Waals surface area (Å²) >= 11 is 0. The average molecular weight is 536 g/mol. The molecule has 0 saturated carbocycles. The SMILES string of the molecule is c1ccc(-c2nc(-n3c4ccccc4c4c5c6cccc7c8ccccc8n(c5ccc43)c76)nc3cccnc23)cc1. The van der Waals surface area contributed by atoms with Crippen LogP contribution in [0.25, 0.3) is 88.1 Å². The first kappa shape index (κ1) is 21.9. The van der Waals surface area contributed by atoms with Gasteiger partial charge >= 0.3 is 0 Å². The maximum absolute atomic E-state index is 5.20. The van der Waals surface area contributed by atoms with Crippen LogP contribution >= 0.6 is 0 Å². The molecule has 10 rings (SSSR count). The largest absolute Gasteiger partial charge is 0.308 e. The van der Waals surface area contributed by atoms with E-state index in [1.807, 2.05) is 30.3 Å². The van der Waals surface area contributed by atoms with E-state index in [1.165, 1.54) is 48.9 Å². The second kappa shape index (κ2) is 7.89. The highest BCUT2D eigenvalue weighted by Crippen LogP contribution is 2.44. The minimum Gasteiger partial charge on any atom is -0.308 e. The summed E-state index contributed by atoms with van der Waals surface area (Å²) in [5, 5.41) is 7.51. The molecule has 5 aromatic heterocycles. The van der Waals surface area contributed by atoms with E-state index in [-0.39, 0.29) is 0 Å². The quantitative estimate of drug-likeness (QED) is 0.222. The molecule has 0 radical (unpaired) electrons. The first-order valence-corrected chi connectivity index (χ1v) is 14.1. The lowest BCUT2D eigenvalue weighted by atomic mass is 10.0. The molecule has 0 aliphatic rings. The van der Waals surface area contributed by atoms with Gasteiger partial charge in [0.05, 0.1) is 33.1 Å². The van der Waals surface area contributed by atoms with Crippen molar-refractivity contribution in [2.24, 2.45) is 0 Å². The Bertz CT molecular complexity index is 2680. The lowest BCUT2D eigenvalue weighted by Crippen LogP contribution is -2.04. The average Bonchev–Trinajstić information content (AvgIpc) is 3.69. The highest BCUT2D eigenvalue weighted by atomic mass is 15.2. The minimum atomic E-state index is 0.641. The van der Waals surface area contributed by atoms with Crippen LogP contribution in [0.15, 0.2) is 128 Å². The maximum atomic E-state index is 5.20. The molecule has 5 nitrogen and oxygen atoms in total. The van der Waals surface area contributed by atoms with Crippen LogP contribution in [0.2, 0.25) is 0 Å². The summed E-state index contributed by atoms with van der Waals surface area (Å²) in [7, 11) is 0. The van der Waals surface area contributed by atoms with Gasteiger partial charge < -0.3 is 4.40 Å². The van der Waals surface area contributed by atoms with E-state index >= 15 is 0 Å². The van der Waals surface area contributed by atoms with Crippen LogP contribution < -0.4 is 0 Å². The first-order chi connectivity index (χ1) is 20.9. The van der Waals surface area contributed by atoms with Crippen molar-refractivity contribution < 1.29 is 0 Å². The van der Waals surface area contributed by atoms with Gasteiger partial charge in [-0.3, -0.25) is 9.55 Å². The van der Waals surface area contributed by atoms with Gasteiger partial charge in [0.25, 0.3) is 0 Å². The molecule has 5 heteroatoms. The molecule has 5 aromatic carbocycles. The normalized spacial score (nSPS) is 12.3. The summed E-state index contributed by atoms with van der Waals surface area (Å²) in [5.74, 6) is 0.641. The number of para-hydroxylation sites is 3. The Morgan fingerprint density at radius 2 is 1.19 bits per heavy atom. The zero-order valence-corrected chi connectivity index (χ0v) is 22.4. The molecule has 0 aliphatic carbocycles. The van der Waals surface area contributed by atoms with Gasteiger partial charge in [0.1, 0.15) is 11.2 Å². The fourth-order valence-electron chi connectivity index (χ4n) is 7.05. The fourth-order valence-corrected chi connectivity index (χ4v) is 7.05. The summed E-state index contributed by atoms with van der Waals surface area (Å²) < 4.78 is 4.66. The summed E-state index contributed by atoms with van der Waals surface area (Å²) in [6, 6.07) is 42.7. The smallest absolute Gasteiger partial charge is 0.235 e. The van der Waals surface area contributed by atoms with Gasteiger partial charge in [-0.05, 0) is 36.4 Å². The maximum Gasteiger partial charge on any atom is 0.235 e. The van der Waals surface area contributed by atoms with Gasteiger partial charge in [-0.15, -0.1) is 0 Å². The molecular weight excluding hydrogens is 514 g/mol. The van der Waals surface area contributed by atoms with E-state index in [9.17, 15) is 0 Å². The topological polar surface area (TPSA) is 48.0 Å². The Morgan fingerprint density at radius 1 is 0.476 bits per heavy atom. The molecular formula is C37H21N5. The molecule has 0 saturated heterocycles. The van der Waals surface area contributed by atoms with Crippen molar-refractivity contribution in [3.05, 3.63) is 128 Å². The highest BCUT2D eigenvalue weighted by molar-refractivity contribution is 6.32. The summed E-state index contributed by atoms with van der Waals surface area (Å²) in [6.45, 7) is 0. The third kappa shape index (κ3) is 2.70. The molecule has 42 heavy (non-hydrogen) atoms. The highest BCUT2D eigenvalue weighted by Gasteiger charge is 2.23. The first-order valence-electron chi connectivity index (χ1n) is 14.1. The van der Waals surface area contributed by atoms with Crippen molar-refractivity contribution in [2.45, 2.75) is 0 Å². The second-order valence-electron chi connectivity index (χ2n) is 10.9. The molecule has 0 fully saturated rings. The van der Waals surface area contributed by atoms with Crippen molar-refractivity contribution in [3.8, 4) is 17.2 Å².